The van der Waals surface area contributed by atoms with Crippen LogP contribution < -0.4 is 4.74 Å². The van der Waals surface area contributed by atoms with Crippen LogP contribution in [0.5, 0.6) is 11.6 Å². The van der Waals surface area contributed by atoms with E-state index in [0.717, 1.165) is 5.56 Å². The van der Waals surface area contributed by atoms with Gasteiger partial charge in [0.25, 0.3) is 0 Å². The monoisotopic (exact) mass is 420 g/mol. The molecule has 3 aromatic rings. The van der Waals surface area contributed by atoms with Crippen LogP contribution in [0.1, 0.15) is 22.6 Å². The van der Waals surface area contributed by atoms with Gasteiger partial charge in [0.15, 0.2) is 0 Å². The minimum Gasteiger partial charge on any atom is -0.439 e. The Bertz CT molecular complexity index is 1010. The van der Waals surface area contributed by atoms with Gasteiger partial charge in [-0.2, -0.15) is 13.2 Å². The first kappa shape index (κ1) is 19.6. The number of hydrogen-bond acceptors (Lipinski definition) is 5. The molecule has 0 saturated carbocycles. The van der Waals surface area contributed by atoms with E-state index in [-0.39, 0.29) is 0 Å². The first-order chi connectivity index (χ1) is 13.9. The van der Waals surface area contributed by atoms with E-state index in [0.29, 0.717) is 54.0 Å². The molecule has 0 fully saturated rings. The van der Waals surface area contributed by atoms with Crippen molar-refractivity contribution in [3.05, 3.63) is 76.5 Å². The van der Waals surface area contributed by atoms with Crippen LogP contribution in [0.25, 0.3) is 0 Å². The molecule has 0 N–H and O–H groups in total. The lowest BCUT2D eigenvalue weighted by atomic mass is 10.1. The first-order valence-electron chi connectivity index (χ1n) is 8.90. The van der Waals surface area contributed by atoms with E-state index in [1.54, 1.807) is 30.5 Å². The largest absolute Gasteiger partial charge is 0.451 e. The highest BCUT2D eigenvalue weighted by Crippen LogP contribution is 2.29. The van der Waals surface area contributed by atoms with Crippen LogP contribution in [0.4, 0.5) is 13.2 Å². The Kier molecular flexibility index (Phi) is 5.38. The third-order valence-electron chi connectivity index (χ3n) is 4.54. The zero-order valence-corrected chi connectivity index (χ0v) is 15.9. The van der Waals surface area contributed by atoms with E-state index >= 15 is 0 Å². The van der Waals surface area contributed by atoms with Gasteiger partial charge < -0.3 is 4.74 Å². The second-order valence-corrected chi connectivity index (χ2v) is 7.08. The molecule has 2 aromatic heterocycles. The molecular weight excluding hydrogens is 405 g/mol. The van der Waals surface area contributed by atoms with Crippen molar-refractivity contribution in [2.75, 3.05) is 6.54 Å². The number of fused-ring (bicyclic) bond motifs is 1. The fraction of sp³-hybridized carbons (Fsp3) is 0.250. The summed E-state index contributed by atoms with van der Waals surface area (Å²) in [7, 11) is 0. The quantitative estimate of drug-likeness (QED) is 0.601. The molecule has 1 aromatic carbocycles. The fourth-order valence-electron chi connectivity index (χ4n) is 3.14. The summed E-state index contributed by atoms with van der Waals surface area (Å²) < 4.78 is 44.3. The van der Waals surface area contributed by atoms with Crippen LogP contribution in [0.3, 0.4) is 0 Å². The Balaban J connectivity index is 1.49. The Morgan fingerprint density at radius 1 is 1.10 bits per heavy atom. The summed E-state index contributed by atoms with van der Waals surface area (Å²) in [6.07, 6.45) is -1.19. The summed E-state index contributed by atoms with van der Waals surface area (Å²) in [5.74, 6) is 0.00585. The van der Waals surface area contributed by atoms with Crippen molar-refractivity contribution >= 4 is 11.6 Å². The van der Waals surface area contributed by atoms with Gasteiger partial charge in [-0.1, -0.05) is 17.7 Å². The van der Waals surface area contributed by atoms with E-state index in [1.807, 2.05) is 12.1 Å². The van der Waals surface area contributed by atoms with Crippen molar-refractivity contribution in [1.82, 2.24) is 19.9 Å². The minimum atomic E-state index is -4.53. The van der Waals surface area contributed by atoms with E-state index < -0.39 is 12.0 Å². The summed E-state index contributed by atoms with van der Waals surface area (Å²) in [5.41, 5.74) is 2.03. The Hall–Kier alpha value is -2.71. The third-order valence-corrected chi connectivity index (χ3v) is 4.79. The summed E-state index contributed by atoms with van der Waals surface area (Å²) >= 11 is 5.90. The molecule has 0 aliphatic carbocycles. The first-order valence-corrected chi connectivity index (χ1v) is 9.28. The standard InChI is InChI=1S/C20H16ClF3N4O/c21-15-3-5-16(6-4-15)29-18-13(2-1-8-25-18)11-28-9-7-17-14(12-28)10-26-19(27-17)20(22,23)24/h1-6,8,10H,7,9,11-12H2. The number of pyridine rings is 1. The van der Waals surface area contributed by atoms with Crippen molar-refractivity contribution in [2.24, 2.45) is 0 Å². The fourth-order valence-corrected chi connectivity index (χ4v) is 3.26. The van der Waals surface area contributed by atoms with E-state index in [2.05, 4.69) is 19.9 Å². The van der Waals surface area contributed by atoms with Crippen LogP contribution in [0.2, 0.25) is 5.02 Å². The molecule has 0 unspecified atom stereocenters. The topological polar surface area (TPSA) is 51.1 Å². The third kappa shape index (κ3) is 4.65. The lowest BCUT2D eigenvalue weighted by molar-refractivity contribution is -0.145. The molecule has 0 bridgehead atoms. The smallest absolute Gasteiger partial charge is 0.439 e. The van der Waals surface area contributed by atoms with Crippen molar-refractivity contribution in [1.29, 1.82) is 0 Å². The van der Waals surface area contributed by atoms with Crippen molar-refractivity contribution in [2.45, 2.75) is 25.7 Å². The average Bonchev–Trinajstić information content (AvgIpc) is 2.70. The molecule has 0 atom stereocenters. The average molecular weight is 421 g/mol. The highest BCUT2D eigenvalue weighted by atomic mass is 35.5. The second-order valence-electron chi connectivity index (χ2n) is 6.65. The molecule has 1 aliphatic heterocycles. The Morgan fingerprint density at radius 2 is 1.90 bits per heavy atom. The SMILES string of the molecule is FC(F)(F)c1ncc2c(n1)CCN(Cc1cccnc1Oc1ccc(Cl)cc1)C2. The van der Waals surface area contributed by atoms with Crippen molar-refractivity contribution < 1.29 is 17.9 Å². The van der Waals surface area contributed by atoms with Crippen LogP contribution in [-0.2, 0) is 25.7 Å². The lowest BCUT2D eigenvalue weighted by Gasteiger charge is -2.28. The molecule has 0 saturated heterocycles. The zero-order chi connectivity index (χ0) is 20.4. The van der Waals surface area contributed by atoms with Gasteiger partial charge in [-0.05, 0) is 30.3 Å². The van der Waals surface area contributed by atoms with Gasteiger partial charge in [0.2, 0.25) is 11.7 Å². The zero-order valence-electron chi connectivity index (χ0n) is 15.2. The van der Waals surface area contributed by atoms with Gasteiger partial charge in [0.05, 0.1) is 5.69 Å². The van der Waals surface area contributed by atoms with Gasteiger partial charge >= 0.3 is 6.18 Å². The van der Waals surface area contributed by atoms with Gasteiger partial charge in [-0.15, -0.1) is 0 Å². The summed E-state index contributed by atoms with van der Waals surface area (Å²) in [6.45, 7) is 1.58. The van der Waals surface area contributed by atoms with Gasteiger partial charge in [-0.3, -0.25) is 4.90 Å². The van der Waals surface area contributed by atoms with Crippen LogP contribution >= 0.6 is 11.6 Å². The van der Waals surface area contributed by atoms with Crippen LogP contribution in [-0.4, -0.2) is 26.4 Å². The molecule has 150 valence electrons. The molecule has 1 aliphatic rings. The molecule has 3 heterocycles. The summed E-state index contributed by atoms with van der Waals surface area (Å²) in [5, 5.41) is 0.612. The number of alkyl halides is 3. The highest BCUT2D eigenvalue weighted by Gasteiger charge is 2.35. The van der Waals surface area contributed by atoms with Gasteiger partial charge in [0.1, 0.15) is 5.75 Å². The molecule has 9 heteroatoms. The number of rotatable bonds is 4. The number of nitrogens with zero attached hydrogens (tertiary/aromatic N) is 4. The molecule has 0 spiro atoms. The van der Waals surface area contributed by atoms with E-state index in [1.165, 1.54) is 6.20 Å². The number of halogens is 4. The van der Waals surface area contributed by atoms with Gasteiger partial charge in [0, 0.05) is 54.6 Å². The van der Waals surface area contributed by atoms with Crippen LogP contribution in [0, 0.1) is 0 Å². The maximum absolute atomic E-state index is 12.8. The number of ether oxygens (including phenoxy) is 1. The predicted octanol–water partition coefficient (Wildman–Crippen LogP) is 4.89. The second kappa shape index (κ2) is 7.96. The number of hydrogen-bond donors (Lipinski definition) is 0. The minimum absolute atomic E-state index is 0.425. The Labute approximate surface area is 170 Å². The number of aromatic nitrogens is 3. The van der Waals surface area contributed by atoms with Crippen molar-refractivity contribution in [3.8, 4) is 11.6 Å². The Morgan fingerprint density at radius 3 is 2.66 bits per heavy atom. The number of benzene rings is 1. The van der Waals surface area contributed by atoms with Gasteiger partial charge in [-0.25, -0.2) is 15.0 Å². The molecule has 5 nitrogen and oxygen atoms in total. The summed E-state index contributed by atoms with van der Waals surface area (Å²) in [4.78, 5) is 13.6. The van der Waals surface area contributed by atoms with E-state index in [9.17, 15) is 13.2 Å². The maximum atomic E-state index is 12.8. The molecule has 4 rings (SSSR count). The molecule has 0 radical (unpaired) electrons. The molecular formula is C20H16ClF3N4O. The van der Waals surface area contributed by atoms with E-state index in [4.69, 9.17) is 16.3 Å². The predicted molar refractivity (Wildman–Crippen MR) is 101 cm³/mol. The normalized spacial score (nSPS) is 14.5. The molecule has 0 amide bonds. The molecule has 29 heavy (non-hydrogen) atoms. The summed E-state index contributed by atoms with van der Waals surface area (Å²) in [6, 6.07) is 10.7. The highest BCUT2D eigenvalue weighted by molar-refractivity contribution is 6.30. The van der Waals surface area contributed by atoms with Crippen molar-refractivity contribution in [3.63, 3.8) is 0 Å². The van der Waals surface area contributed by atoms with Crippen LogP contribution in [0.15, 0.2) is 48.8 Å². The maximum Gasteiger partial charge on any atom is 0.451 e. The lowest BCUT2D eigenvalue weighted by Crippen LogP contribution is -2.31.